The Hall–Kier alpha value is -3.88. The number of carbonyl (C=O) groups is 1. The van der Waals surface area contributed by atoms with Crippen LogP contribution in [0, 0.1) is 5.92 Å². The Labute approximate surface area is 295 Å². The Balaban J connectivity index is 1.65. The van der Waals surface area contributed by atoms with Crippen LogP contribution in [-0.4, -0.2) is 97.6 Å². The van der Waals surface area contributed by atoms with Crippen molar-refractivity contribution in [3.05, 3.63) is 53.6 Å². The summed E-state index contributed by atoms with van der Waals surface area (Å²) in [4.78, 5) is 16.5. The molecule has 1 aliphatic rings. The molecule has 13 nitrogen and oxygen atoms in total. The van der Waals surface area contributed by atoms with E-state index >= 15 is 0 Å². The van der Waals surface area contributed by atoms with Crippen molar-refractivity contribution >= 4 is 17.4 Å². The van der Waals surface area contributed by atoms with Gasteiger partial charge in [0.1, 0.15) is 11.8 Å². The number of nitrogens with one attached hydrogen (secondary N) is 3. The van der Waals surface area contributed by atoms with Crippen molar-refractivity contribution in [1.29, 1.82) is 0 Å². The number of aliphatic hydroxyl groups excluding tert-OH is 2. The molecule has 0 bridgehead atoms. The number of ether oxygens (including phenoxy) is 3. The average Bonchev–Trinajstić information content (AvgIpc) is 3.49. The number of hydrogen-bond acceptors (Lipinski definition) is 11. The summed E-state index contributed by atoms with van der Waals surface area (Å²) in [6.45, 7) is 3.16. The van der Waals surface area contributed by atoms with E-state index in [1.54, 1.807) is 38.2 Å². The zero-order valence-corrected chi connectivity index (χ0v) is 29.9. The molecular formula is C37H57N5O8. The van der Waals surface area contributed by atoms with Crippen molar-refractivity contribution in [2.45, 2.75) is 82.6 Å². The fourth-order valence-electron chi connectivity index (χ4n) is 6.20. The van der Waals surface area contributed by atoms with Crippen LogP contribution in [0.15, 0.2) is 47.5 Å². The van der Waals surface area contributed by atoms with Gasteiger partial charge in [-0.25, -0.2) is 0 Å². The van der Waals surface area contributed by atoms with E-state index in [0.29, 0.717) is 74.9 Å². The number of guanidine groups is 1. The smallest absolute Gasteiger partial charge is 0.192 e. The molecule has 278 valence electrons. The Morgan fingerprint density at radius 1 is 1.18 bits per heavy atom. The molecule has 0 heterocycles. The molecule has 2 aromatic rings. The maximum atomic E-state index is 12.6. The highest BCUT2D eigenvalue weighted by atomic mass is 16.5. The summed E-state index contributed by atoms with van der Waals surface area (Å²) in [5.41, 5.74) is 7.58. The zero-order valence-electron chi connectivity index (χ0n) is 29.9. The van der Waals surface area contributed by atoms with E-state index in [1.807, 2.05) is 25.3 Å². The second-order valence-corrected chi connectivity index (χ2v) is 13.0. The number of nitrogens with two attached hydrogens (primary N) is 1. The molecule has 4 atom stereocenters. The maximum Gasteiger partial charge on any atom is 0.192 e. The molecule has 1 saturated carbocycles. The Morgan fingerprint density at radius 2 is 1.96 bits per heavy atom. The number of aryl methyl sites for hydroxylation is 2. The van der Waals surface area contributed by atoms with E-state index in [0.717, 1.165) is 36.8 Å². The molecule has 0 aromatic heterocycles. The number of likely N-dealkylation sites (N-methyl/N-ethyl adjacent to an activating group) is 1. The quantitative estimate of drug-likeness (QED) is 0.0294. The number of ketones is 1. The van der Waals surface area contributed by atoms with E-state index in [1.165, 1.54) is 7.11 Å². The number of phenolic OH excluding ortho intramolecular Hbond substituents is 2. The number of aromatic hydroxyl groups is 2. The molecule has 0 amide bonds. The van der Waals surface area contributed by atoms with Crippen LogP contribution >= 0.6 is 0 Å². The molecule has 50 heavy (non-hydrogen) atoms. The van der Waals surface area contributed by atoms with Crippen molar-refractivity contribution in [1.82, 2.24) is 10.6 Å². The first-order valence-corrected chi connectivity index (χ1v) is 17.4. The highest BCUT2D eigenvalue weighted by molar-refractivity contribution is 5.94. The molecule has 1 fully saturated rings. The lowest BCUT2D eigenvalue weighted by Crippen LogP contribution is -2.43. The summed E-state index contributed by atoms with van der Waals surface area (Å²) in [6, 6.07) is 8.72. The van der Waals surface area contributed by atoms with Crippen LogP contribution < -0.4 is 31.2 Å². The number of benzene rings is 2. The Morgan fingerprint density at radius 3 is 2.66 bits per heavy atom. The van der Waals surface area contributed by atoms with Crippen LogP contribution in [0.3, 0.4) is 0 Å². The number of rotatable bonds is 22. The average molecular weight is 700 g/mol. The van der Waals surface area contributed by atoms with E-state index in [2.05, 4.69) is 20.9 Å². The van der Waals surface area contributed by atoms with Gasteiger partial charge in [0.25, 0.3) is 0 Å². The van der Waals surface area contributed by atoms with Crippen molar-refractivity contribution in [3.63, 3.8) is 0 Å². The van der Waals surface area contributed by atoms with Crippen LogP contribution in [0.25, 0.3) is 0 Å². The minimum atomic E-state index is -0.555. The number of phenols is 2. The number of aliphatic imine (C=N–C) groups is 1. The van der Waals surface area contributed by atoms with Crippen molar-refractivity contribution < 1.29 is 39.4 Å². The molecule has 0 spiro atoms. The standard InChI is InChI=1S/C37H57N5O8/c1-25(44)23-41-34(14-17-43)49-18-15-27-13-16-37(22-27,24-39-2)50-33-21-28(19-30(35(33)47)42-36(38)40-3)7-5-6-8-29(45)11-9-26-10-12-31(46)32(20-26)48-4/h6,8,10,12,19-21,25,27,34,39,41,43-44,46-47H,5,7,9,11,13-18,22-24H2,1-4H3,(H3,38,40,42)/t25-,27+,34+,37-/m0/s1. The molecule has 2 aromatic carbocycles. The van der Waals surface area contributed by atoms with Gasteiger partial charge in [0.2, 0.25) is 0 Å². The minimum Gasteiger partial charge on any atom is -0.504 e. The SMILES string of the molecule is CN=C(N)Nc1cc(CCC=CC(=O)CCc2ccc(O)c(OC)c2)cc(O[C@@]2(CNC)CC[C@H](CCO[C@H](CCO)NC[C@H](C)O)C2)c1O. The van der Waals surface area contributed by atoms with Crippen LogP contribution in [0.2, 0.25) is 0 Å². The van der Waals surface area contributed by atoms with Crippen LogP contribution in [0.1, 0.15) is 63.0 Å². The normalized spacial score (nSPS) is 19.1. The van der Waals surface area contributed by atoms with Gasteiger partial charge in [0.05, 0.1) is 18.9 Å². The fourth-order valence-corrected chi connectivity index (χ4v) is 6.20. The van der Waals surface area contributed by atoms with E-state index < -0.39 is 11.7 Å². The summed E-state index contributed by atoms with van der Waals surface area (Å²) < 4.78 is 17.8. The highest BCUT2D eigenvalue weighted by Crippen LogP contribution is 2.44. The third-order valence-electron chi connectivity index (χ3n) is 8.82. The van der Waals surface area contributed by atoms with Gasteiger partial charge < -0.3 is 51.0 Å². The fraction of sp³-hybridized carbons (Fsp3) is 0.568. The number of nitrogens with zero attached hydrogens (tertiary/aromatic N) is 1. The Bertz CT molecular complexity index is 1420. The second kappa shape index (κ2) is 20.7. The van der Waals surface area contributed by atoms with Gasteiger partial charge in [0.15, 0.2) is 34.7 Å². The van der Waals surface area contributed by atoms with Gasteiger partial charge in [-0.1, -0.05) is 12.1 Å². The molecular weight excluding hydrogens is 642 g/mol. The topological polar surface area (TPSA) is 200 Å². The monoisotopic (exact) mass is 699 g/mol. The predicted molar refractivity (Wildman–Crippen MR) is 195 cm³/mol. The third kappa shape index (κ3) is 13.1. The summed E-state index contributed by atoms with van der Waals surface area (Å²) in [5, 5.41) is 49.4. The van der Waals surface area contributed by atoms with E-state index in [4.69, 9.17) is 19.9 Å². The lowest BCUT2D eigenvalue weighted by atomic mass is 9.97. The number of allylic oxidation sites excluding steroid dienone is 2. The van der Waals surface area contributed by atoms with E-state index in [-0.39, 0.29) is 36.1 Å². The summed E-state index contributed by atoms with van der Waals surface area (Å²) in [6.07, 6.45) is 8.35. The first-order chi connectivity index (χ1) is 24.0. The van der Waals surface area contributed by atoms with Crippen LogP contribution in [0.5, 0.6) is 23.0 Å². The van der Waals surface area contributed by atoms with Crippen LogP contribution in [0.4, 0.5) is 5.69 Å². The first-order valence-electron chi connectivity index (χ1n) is 17.4. The highest BCUT2D eigenvalue weighted by Gasteiger charge is 2.41. The van der Waals surface area contributed by atoms with Gasteiger partial charge in [-0.2, -0.15) is 0 Å². The minimum absolute atomic E-state index is 0.00353. The van der Waals surface area contributed by atoms with Gasteiger partial charge in [-0.05, 0) is 106 Å². The third-order valence-corrected chi connectivity index (χ3v) is 8.82. The number of anilines is 1. The van der Waals surface area contributed by atoms with Crippen molar-refractivity contribution in [3.8, 4) is 23.0 Å². The number of carbonyl (C=O) groups excluding carboxylic acids is 1. The maximum absolute atomic E-state index is 12.6. The Kier molecular flexibility index (Phi) is 16.8. The molecule has 0 aliphatic heterocycles. The largest absolute Gasteiger partial charge is 0.504 e. The van der Waals surface area contributed by atoms with Crippen molar-refractivity contribution in [2.75, 3.05) is 52.8 Å². The second-order valence-electron chi connectivity index (χ2n) is 13.0. The van der Waals surface area contributed by atoms with Gasteiger partial charge in [-0.3, -0.25) is 15.1 Å². The summed E-state index contributed by atoms with van der Waals surface area (Å²) in [5.74, 6) is 1.20. The van der Waals surface area contributed by atoms with Gasteiger partial charge in [-0.15, -0.1) is 0 Å². The lowest BCUT2D eigenvalue weighted by molar-refractivity contribution is -0.114. The van der Waals surface area contributed by atoms with Crippen molar-refractivity contribution in [2.24, 2.45) is 16.6 Å². The number of methoxy groups -OCH3 is 1. The molecule has 0 radical (unpaired) electrons. The zero-order chi connectivity index (χ0) is 36.5. The van der Waals surface area contributed by atoms with E-state index in [9.17, 15) is 25.2 Å². The molecule has 0 unspecified atom stereocenters. The molecule has 3 rings (SSSR count). The number of hydrogen-bond donors (Lipinski definition) is 8. The van der Waals surface area contributed by atoms with Gasteiger partial charge in [0, 0.05) is 46.2 Å². The summed E-state index contributed by atoms with van der Waals surface area (Å²) in [7, 11) is 4.93. The molecule has 1 aliphatic carbocycles. The van der Waals surface area contributed by atoms with Gasteiger partial charge >= 0.3 is 0 Å². The molecule has 13 heteroatoms. The summed E-state index contributed by atoms with van der Waals surface area (Å²) >= 11 is 0. The predicted octanol–water partition coefficient (Wildman–Crippen LogP) is 3.38. The number of aliphatic hydroxyl groups is 2. The molecule has 0 saturated heterocycles. The lowest BCUT2D eigenvalue weighted by Gasteiger charge is -2.32. The first kappa shape index (κ1) is 40.5. The van der Waals surface area contributed by atoms with Crippen LogP contribution in [-0.2, 0) is 22.4 Å². The molecule has 9 N–H and O–H groups in total.